The molecule has 0 saturated carbocycles. The van der Waals surface area contributed by atoms with E-state index in [-0.39, 0.29) is 5.82 Å². The molecule has 2 aromatic rings. The Hall–Kier alpha value is 0.250. The van der Waals surface area contributed by atoms with Gasteiger partial charge in [-0.05, 0) is 65.5 Å². The van der Waals surface area contributed by atoms with Gasteiger partial charge in [-0.3, -0.25) is 0 Å². The molecule has 1 unspecified atom stereocenters. The van der Waals surface area contributed by atoms with E-state index in [0.717, 1.165) is 13.1 Å². The second kappa shape index (κ2) is 5.48. The van der Waals surface area contributed by atoms with Crippen molar-refractivity contribution < 1.29 is 4.39 Å². The molecule has 90 valence electrons. The number of halogens is 4. The molecule has 1 atom stereocenters. The van der Waals surface area contributed by atoms with Gasteiger partial charge in [-0.1, -0.05) is 12.1 Å². The van der Waals surface area contributed by atoms with Crippen molar-refractivity contribution in [3.8, 4) is 0 Å². The van der Waals surface area contributed by atoms with Crippen molar-refractivity contribution in [3.05, 3.63) is 53.3 Å². The van der Waals surface area contributed by atoms with E-state index >= 15 is 0 Å². The summed E-state index contributed by atoms with van der Waals surface area (Å²) in [6, 6.07) is 6.55. The summed E-state index contributed by atoms with van der Waals surface area (Å²) in [7, 11) is 0. The SMILES string of the molecule is NC(c1cc(Br)sc1Br)c1cccc(Br)c1F. The van der Waals surface area contributed by atoms with Crippen molar-refractivity contribution in [2.75, 3.05) is 0 Å². The lowest BCUT2D eigenvalue weighted by atomic mass is 10.0. The maximum absolute atomic E-state index is 13.9. The summed E-state index contributed by atoms with van der Waals surface area (Å²) in [5, 5.41) is 0. The van der Waals surface area contributed by atoms with Crippen molar-refractivity contribution in [1.29, 1.82) is 0 Å². The highest BCUT2D eigenvalue weighted by atomic mass is 79.9. The molecule has 0 saturated heterocycles. The van der Waals surface area contributed by atoms with Crippen LogP contribution in [0.5, 0.6) is 0 Å². The third-order valence-corrected chi connectivity index (χ3v) is 5.33. The van der Waals surface area contributed by atoms with Crippen LogP contribution in [0, 0.1) is 5.82 Å². The van der Waals surface area contributed by atoms with Gasteiger partial charge < -0.3 is 5.73 Å². The fraction of sp³-hybridized carbons (Fsp3) is 0.0909. The molecule has 0 spiro atoms. The third-order valence-electron chi connectivity index (χ3n) is 2.33. The van der Waals surface area contributed by atoms with Gasteiger partial charge in [0.1, 0.15) is 5.82 Å². The van der Waals surface area contributed by atoms with Crippen LogP contribution in [0.3, 0.4) is 0 Å². The summed E-state index contributed by atoms with van der Waals surface area (Å²) in [4.78, 5) is 0. The lowest BCUT2D eigenvalue weighted by Crippen LogP contribution is -2.13. The van der Waals surface area contributed by atoms with E-state index < -0.39 is 6.04 Å². The molecule has 2 N–H and O–H groups in total. The molecular formula is C11H7Br3FNS. The molecule has 0 bridgehead atoms. The Morgan fingerprint density at radius 1 is 1.18 bits per heavy atom. The van der Waals surface area contributed by atoms with E-state index in [0.29, 0.717) is 10.0 Å². The van der Waals surface area contributed by atoms with Crippen LogP contribution in [-0.2, 0) is 0 Å². The Morgan fingerprint density at radius 3 is 2.47 bits per heavy atom. The highest BCUT2D eigenvalue weighted by molar-refractivity contribution is 9.12. The molecule has 0 amide bonds. The average Bonchev–Trinajstić information content (AvgIpc) is 2.61. The fourth-order valence-corrected chi connectivity index (χ4v) is 4.80. The summed E-state index contributed by atoms with van der Waals surface area (Å²) < 4.78 is 16.2. The molecule has 6 heteroatoms. The molecular weight excluding hydrogens is 437 g/mol. The van der Waals surface area contributed by atoms with Gasteiger partial charge in [0.2, 0.25) is 0 Å². The molecule has 1 aromatic heterocycles. The van der Waals surface area contributed by atoms with Gasteiger partial charge in [-0.15, -0.1) is 11.3 Å². The molecule has 1 aromatic carbocycles. The first kappa shape index (κ1) is 13.7. The summed E-state index contributed by atoms with van der Waals surface area (Å²) in [6.45, 7) is 0. The quantitative estimate of drug-likeness (QED) is 0.676. The molecule has 1 nitrogen and oxygen atoms in total. The first-order valence-electron chi connectivity index (χ1n) is 4.65. The molecule has 1 heterocycles. The molecule has 0 radical (unpaired) electrons. The van der Waals surface area contributed by atoms with Crippen LogP contribution in [0.15, 0.2) is 36.3 Å². The minimum atomic E-state index is -0.482. The number of thiophene rings is 1. The Labute approximate surface area is 128 Å². The number of nitrogens with two attached hydrogens (primary N) is 1. The highest BCUT2D eigenvalue weighted by Gasteiger charge is 2.19. The van der Waals surface area contributed by atoms with E-state index in [1.54, 1.807) is 18.2 Å². The van der Waals surface area contributed by atoms with Crippen LogP contribution in [0.4, 0.5) is 4.39 Å². The van der Waals surface area contributed by atoms with Gasteiger partial charge in [-0.2, -0.15) is 0 Å². The third kappa shape index (κ3) is 2.81. The summed E-state index contributed by atoms with van der Waals surface area (Å²) in [5.41, 5.74) is 7.45. The smallest absolute Gasteiger partial charge is 0.142 e. The summed E-state index contributed by atoms with van der Waals surface area (Å²) in [6.07, 6.45) is 0. The van der Waals surface area contributed by atoms with E-state index in [1.807, 2.05) is 6.07 Å². The molecule has 0 aliphatic rings. The van der Waals surface area contributed by atoms with Gasteiger partial charge in [0.25, 0.3) is 0 Å². The van der Waals surface area contributed by atoms with E-state index in [1.165, 1.54) is 11.3 Å². The maximum atomic E-state index is 13.9. The number of hydrogen-bond donors (Lipinski definition) is 1. The van der Waals surface area contributed by atoms with E-state index in [2.05, 4.69) is 47.8 Å². The fourth-order valence-electron chi connectivity index (χ4n) is 1.49. The van der Waals surface area contributed by atoms with Crippen molar-refractivity contribution >= 4 is 59.1 Å². The topological polar surface area (TPSA) is 26.0 Å². The summed E-state index contributed by atoms with van der Waals surface area (Å²) >= 11 is 11.5. The molecule has 0 aliphatic carbocycles. The van der Waals surface area contributed by atoms with Crippen LogP contribution in [0.2, 0.25) is 0 Å². The maximum Gasteiger partial charge on any atom is 0.142 e. The minimum absolute atomic E-state index is 0.311. The Kier molecular flexibility index (Phi) is 4.41. The predicted molar refractivity (Wildman–Crippen MR) is 79.8 cm³/mol. The molecule has 2 rings (SSSR count). The Morgan fingerprint density at radius 2 is 1.88 bits per heavy atom. The predicted octanol–water partition coefficient (Wildman–Crippen LogP) is 5.22. The average molecular weight is 444 g/mol. The standard InChI is InChI=1S/C11H7Br3FNS/c12-7-3-1-2-5(9(7)15)10(16)6-4-8(13)17-11(6)14/h1-4,10H,16H2. The lowest BCUT2D eigenvalue weighted by molar-refractivity contribution is 0.593. The number of benzene rings is 1. The Bertz CT molecular complexity index is 556. The zero-order valence-electron chi connectivity index (χ0n) is 8.38. The van der Waals surface area contributed by atoms with Gasteiger partial charge in [-0.25, -0.2) is 4.39 Å². The van der Waals surface area contributed by atoms with Gasteiger partial charge in [0, 0.05) is 5.56 Å². The van der Waals surface area contributed by atoms with E-state index in [9.17, 15) is 4.39 Å². The van der Waals surface area contributed by atoms with Crippen molar-refractivity contribution in [1.82, 2.24) is 0 Å². The molecule has 0 aliphatic heterocycles. The van der Waals surface area contributed by atoms with Crippen LogP contribution in [0.25, 0.3) is 0 Å². The van der Waals surface area contributed by atoms with Crippen molar-refractivity contribution in [2.24, 2.45) is 5.73 Å². The van der Waals surface area contributed by atoms with Crippen LogP contribution in [-0.4, -0.2) is 0 Å². The first-order chi connectivity index (χ1) is 8.00. The van der Waals surface area contributed by atoms with Crippen molar-refractivity contribution in [3.63, 3.8) is 0 Å². The largest absolute Gasteiger partial charge is 0.320 e. The van der Waals surface area contributed by atoms with Crippen molar-refractivity contribution in [2.45, 2.75) is 6.04 Å². The number of hydrogen-bond acceptors (Lipinski definition) is 2. The molecule has 17 heavy (non-hydrogen) atoms. The Balaban J connectivity index is 2.47. The first-order valence-corrected chi connectivity index (χ1v) is 7.84. The highest BCUT2D eigenvalue weighted by Crippen LogP contribution is 2.38. The minimum Gasteiger partial charge on any atom is -0.320 e. The van der Waals surface area contributed by atoms with Crippen LogP contribution >= 0.6 is 59.1 Å². The van der Waals surface area contributed by atoms with Gasteiger partial charge >= 0.3 is 0 Å². The molecule has 0 fully saturated rings. The monoisotopic (exact) mass is 441 g/mol. The zero-order valence-corrected chi connectivity index (χ0v) is 14.0. The van der Waals surface area contributed by atoms with Gasteiger partial charge in [0.15, 0.2) is 0 Å². The lowest BCUT2D eigenvalue weighted by Gasteiger charge is -2.13. The zero-order chi connectivity index (χ0) is 12.6. The van der Waals surface area contributed by atoms with E-state index in [4.69, 9.17) is 5.73 Å². The summed E-state index contributed by atoms with van der Waals surface area (Å²) in [5.74, 6) is -0.311. The second-order valence-electron chi connectivity index (χ2n) is 3.40. The second-order valence-corrected chi connectivity index (χ2v) is 8.00. The van der Waals surface area contributed by atoms with Crippen LogP contribution in [0.1, 0.15) is 17.2 Å². The van der Waals surface area contributed by atoms with Crippen LogP contribution < -0.4 is 5.73 Å². The normalized spacial score (nSPS) is 12.8. The number of rotatable bonds is 2. The van der Waals surface area contributed by atoms with Gasteiger partial charge in [0.05, 0.1) is 18.1 Å².